The van der Waals surface area contributed by atoms with Crippen LogP contribution in [0.1, 0.15) is 13.8 Å². The number of hydrogen-bond acceptors (Lipinski definition) is 3. The molecule has 0 saturated heterocycles. The summed E-state index contributed by atoms with van der Waals surface area (Å²) in [4.78, 5) is 21.7. The van der Waals surface area contributed by atoms with Gasteiger partial charge >= 0.3 is 0 Å². The molecule has 11 heavy (non-hydrogen) atoms. The monoisotopic (exact) mass is 174 g/mol. The van der Waals surface area contributed by atoms with Gasteiger partial charge in [-0.2, -0.15) is 0 Å². The van der Waals surface area contributed by atoms with Crippen LogP contribution >= 0.6 is 12.2 Å². The summed E-state index contributed by atoms with van der Waals surface area (Å²) in [6, 6.07) is 0. The molecule has 0 aliphatic carbocycles. The lowest BCUT2D eigenvalue weighted by atomic mass is 10.1. The lowest BCUT2D eigenvalue weighted by Gasteiger charge is -2.06. The van der Waals surface area contributed by atoms with Crippen LogP contribution in [0.4, 0.5) is 0 Å². The van der Waals surface area contributed by atoms with Gasteiger partial charge in [0.25, 0.3) is 0 Å². The molecule has 0 aliphatic heterocycles. The third-order valence-corrected chi connectivity index (χ3v) is 1.22. The molecule has 0 heterocycles. The largest absolute Gasteiger partial charge is 0.369 e. The fraction of sp³-hybridized carbons (Fsp3) is 0.500. The minimum Gasteiger partial charge on any atom is -0.369 e. The molecule has 0 aliphatic rings. The number of thiocarbonyl (C=S) groups is 1. The first-order valence-corrected chi connectivity index (χ1v) is 3.46. The Morgan fingerprint density at radius 2 is 2.00 bits per heavy atom. The Hall–Kier alpha value is -0.970. The quantitative estimate of drug-likeness (QED) is 0.441. The molecule has 0 bridgehead atoms. The van der Waals surface area contributed by atoms with Crippen molar-refractivity contribution in [1.82, 2.24) is 5.32 Å². The highest BCUT2D eigenvalue weighted by Crippen LogP contribution is 1.91. The molecule has 0 fully saturated rings. The summed E-state index contributed by atoms with van der Waals surface area (Å²) in [5.74, 6) is -1.93. The summed E-state index contributed by atoms with van der Waals surface area (Å²) in [6.07, 6.45) is 0. The van der Waals surface area contributed by atoms with Crippen LogP contribution in [0.15, 0.2) is 0 Å². The van der Waals surface area contributed by atoms with Crippen LogP contribution in [0.5, 0.6) is 0 Å². The van der Waals surface area contributed by atoms with Crippen molar-refractivity contribution in [3.8, 4) is 0 Å². The topological polar surface area (TPSA) is 72.2 Å². The molecule has 0 rings (SSSR count). The zero-order chi connectivity index (χ0) is 9.02. The molecular weight excluding hydrogens is 164 g/mol. The first-order chi connectivity index (χ1) is 4.95. The van der Waals surface area contributed by atoms with Gasteiger partial charge < -0.3 is 11.1 Å². The minimum absolute atomic E-state index is 0.336. The number of carbonyl (C=O) groups is 2. The number of rotatable bonds is 2. The molecule has 5 heteroatoms. The summed E-state index contributed by atoms with van der Waals surface area (Å²) >= 11 is 4.59. The maximum Gasteiger partial charge on any atom is 0.237 e. The molecule has 0 radical (unpaired) electrons. The second-order valence-corrected chi connectivity index (χ2v) is 2.78. The molecule has 0 aromatic rings. The number of carbonyl (C=O) groups excluding carboxylic acids is 2. The Bertz CT molecular complexity index is 203. The predicted octanol–water partition coefficient (Wildman–Crippen LogP) is -0.429. The SMILES string of the molecule is CC(=S)NC(=O)C(C)C(N)=O. The highest BCUT2D eigenvalue weighted by molar-refractivity contribution is 7.80. The fourth-order valence-corrected chi connectivity index (χ4v) is 0.512. The van der Waals surface area contributed by atoms with Crippen molar-refractivity contribution in [3.63, 3.8) is 0 Å². The summed E-state index contributed by atoms with van der Waals surface area (Å²) in [5, 5.41) is 2.32. The average molecular weight is 174 g/mol. The summed E-state index contributed by atoms with van der Waals surface area (Å²) < 4.78 is 0. The minimum atomic E-state index is -0.826. The Kier molecular flexibility index (Phi) is 3.67. The standard InChI is InChI=1S/C6H10N2O2S/c1-3(5(7)9)6(10)8-4(2)11/h3H,1-2H3,(H2,7,9)(H,8,10,11). The van der Waals surface area contributed by atoms with Gasteiger partial charge in [0.15, 0.2) is 0 Å². The van der Waals surface area contributed by atoms with E-state index in [0.29, 0.717) is 4.99 Å². The van der Waals surface area contributed by atoms with E-state index in [1.165, 1.54) is 6.92 Å². The third-order valence-electron chi connectivity index (χ3n) is 1.12. The molecule has 0 spiro atoms. The molecule has 1 unspecified atom stereocenters. The molecule has 3 N–H and O–H groups in total. The van der Waals surface area contributed by atoms with Gasteiger partial charge in [-0.25, -0.2) is 0 Å². The first-order valence-electron chi connectivity index (χ1n) is 3.06. The Balaban J connectivity index is 4.04. The van der Waals surface area contributed by atoms with Crippen molar-refractivity contribution in [3.05, 3.63) is 0 Å². The van der Waals surface area contributed by atoms with Crippen LogP contribution in [0.3, 0.4) is 0 Å². The van der Waals surface area contributed by atoms with Gasteiger partial charge in [-0.3, -0.25) is 9.59 Å². The van der Waals surface area contributed by atoms with E-state index in [9.17, 15) is 9.59 Å². The molecular formula is C6H10N2O2S. The predicted molar refractivity (Wildman–Crippen MR) is 44.8 cm³/mol. The van der Waals surface area contributed by atoms with Crippen LogP contribution in [0, 0.1) is 5.92 Å². The Labute approximate surface area is 70.1 Å². The van der Waals surface area contributed by atoms with Gasteiger partial charge in [0, 0.05) is 0 Å². The maximum absolute atomic E-state index is 10.9. The van der Waals surface area contributed by atoms with E-state index in [1.807, 2.05) is 0 Å². The molecule has 4 nitrogen and oxygen atoms in total. The number of hydrogen-bond donors (Lipinski definition) is 2. The van der Waals surface area contributed by atoms with E-state index in [4.69, 9.17) is 5.73 Å². The average Bonchev–Trinajstić information content (AvgIpc) is 1.84. The Morgan fingerprint density at radius 1 is 1.55 bits per heavy atom. The van der Waals surface area contributed by atoms with Crippen LogP contribution in [0.2, 0.25) is 0 Å². The Morgan fingerprint density at radius 3 is 2.27 bits per heavy atom. The van der Waals surface area contributed by atoms with Crippen LogP contribution in [0.25, 0.3) is 0 Å². The van der Waals surface area contributed by atoms with E-state index in [0.717, 1.165) is 0 Å². The van der Waals surface area contributed by atoms with Crippen molar-refractivity contribution >= 4 is 29.0 Å². The highest BCUT2D eigenvalue weighted by Gasteiger charge is 2.17. The zero-order valence-electron chi connectivity index (χ0n) is 6.38. The van der Waals surface area contributed by atoms with E-state index < -0.39 is 17.7 Å². The lowest BCUT2D eigenvalue weighted by molar-refractivity contribution is -0.131. The van der Waals surface area contributed by atoms with Crippen molar-refractivity contribution in [2.24, 2.45) is 11.7 Å². The van der Waals surface area contributed by atoms with Gasteiger partial charge in [-0.15, -0.1) is 0 Å². The summed E-state index contributed by atoms with van der Waals surface area (Å²) in [7, 11) is 0. The normalized spacial score (nSPS) is 11.8. The van der Waals surface area contributed by atoms with Crippen LogP contribution in [-0.4, -0.2) is 16.8 Å². The first kappa shape index (κ1) is 10.0. The smallest absolute Gasteiger partial charge is 0.237 e. The van der Waals surface area contributed by atoms with Crippen molar-refractivity contribution in [2.45, 2.75) is 13.8 Å². The van der Waals surface area contributed by atoms with Gasteiger partial charge in [0.2, 0.25) is 11.8 Å². The van der Waals surface area contributed by atoms with Gasteiger partial charge in [0.05, 0.1) is 4.99 Å². The van der Waals surface area contributed by atoms with E-state index in [1.54, 1.807) is 6.92 Å². The molecule has 62 valence electrons. The molecule has 0 aromatic carbocycles. The van der Waals surface area contributed by atoms with Crippen molar-refractivity contribution < 1.29 is 9.59 Å². The second kappa shape index (κ2) is 4.02. The van der Waals surface area contributed by atoms with E-state index in [2.05, 4.69) is 17.5 Å². The van der Waals surface area contributed by atoms with Crippen molar-refractivity contribution in [2.75, 3.05) is 0 Å². The van der Waals surface area contributed by atoms with Crippen LogP contribution < -0.4 is 11.1 Å². The fourth-order valence-electron chi connectivity index (χ4n) is 0.411. The maximum atomic E-state index is 10.9. The molecule has 1 atom stereocenters. The number of primary amides is 1. The number of nitrogens with one attached hydrogen (secondary N) is 1. The number of nitrogens with two attached hydrogens (primary N) is 1. The van der Waals surface area contributed by atoms with Gasteiger partial charge in [-0.05, 0) is 13.8 Å². The molecule has 2 amide bonds. The van der Waals surface area contributed by atoms with Gasteiger partial charge in [-0.1, -0.05) is 12.2 Å². The third kappa shape index (κ3) is 3.67. The summed E-state index contributed by atoms with van der Waals surface area (Å²) in [6.45, 7) is 2.98. The van der Waals surface area contributed by atoms with E-state index in [-0.39, 0.29) is 0 Å². The van der Waals surface area contributed by atoms with E-state index >= 15 is 0 Å². The van der Waals surface area contributed by atoms with Crippen molar-refractivity contribution in [1.29, 1.82) is 0 Å². The molecule has 0 saturated carbocycles. The summed E-state index contributed by atoms with van der Waals surface area (Å²) in [5.41, 5.74) is 4.87. The number of amides is 2. The molecule has 0 aromatic heterocycles. The van der Waals surface area contributed by atoms with Gasteiger partial charge in [0.1, 0.15) is 5.92 Å². The highest BCUT2D eigenvalue weighted by atomic mass is 32.1. The lowest BCUT2D eigenvalue weighted by Crippen LogP contribution is -2.38. The zero-order valence-corrected chi connectivity index (χ0v) is 7.20. The van der Waals surface area contributed by atoms with Crippen LogP contribution in [-0.2, 0) is 9.59 Å². The second-order valence-electron chi connectivity index (χ2n) is 2.17.